The number of carbonyl (C=O) groups is 2. The maximum atomic E-state index is 12.7. The maximum absolute atomic E-state index is 12.7. The second-order valence-electron chi connectivity index (χ2n) is 5.70. The third-order valence-electron chi connectivity index (χ3n) is 4.24. The van der Waals surface area contributed by atoms with Crippen LogP contribution in [0.1, 0.15) is 31.2 Å². The van der Waals surface area contributed by atoms with Gasteiger partial charge in [-0.1, -0.05) is 18.2 Å². The molecule has 2 unspecified atom stereocenters. The van der Waals surface area contributed by atoms with Crippen molar-refractivity contribution in [2.45, 2.75) is 44.2 Å². The molecule has 1 fully saturated rings. The van der Waals surface area contributed by atoms with E-state index < -0.39 is 12.1 Å². The van der Waals surface area contributed by atoms with Gasteiger partial charge in [0.1, 0.15) is 5.75 Å². The molecule has 1 amide bonds. The van der Waals surface area contributed by atoms with E-state index in [1.165, 1.54) is 0 Å². The number of nitrogens with zero attached hydrogens (tertiary/aromatic N) is 1. The summed E-state index contributed by atoms with van der Waals surface area (Å²) >= 11 is 0. The lowest BCUT2D eigenvalue weighted by Gasteiger charge is -2.36. The summed E-state index contributed by atoms with van der Waals surface area (Å²) in [6.45, 7) is 0.632. The Morgan fingerprint density at radius 3 is 2.86 bits per heavy atom. The van der Waals surface area contributed by atoms with E-state index in [0.717, 1.165) is 30.6 Å². The quantitative estimate of drug-likeness (QED) is 0.922. The number of para-hydroxylation sites is 1. The summed E-state index contributed by atoms with van der Waals surface area (Å²) in [6.07, 6.45) is 2.76. The van der Waals surface area contributed by atoms with Crippen molar-refractivity contribution in [3.8, 4) is 5.75 Å². The number of amides is 1. The highest BCUT2D eigenvalue weighted by Crippen LogP contribution is 2.30. The van der Waals surface area contributed by atoms with E-state index in [1.54, 1.807) is 4.90 Å². The zero-order valence-electron chi connectivity index (χ0n) is 11.8. The van der Waals surface area contributed by atoms with Crippen LogP contribution in [0.4, 0.5) is 0 Å². The van der Waals surface area contributed by atoms with E-state index in [1.807, 2.05) is 24.3 Å². The first-order valence-corrected chi connectivity index (χ1v) is 7.42. The highest BCUT2D eigenvalue weighted by molar-refractivity contribution is 5.83. The summed E-state index contributed by atoms with van der Waals surface area (Å²) in [4.78, 5) is 25.4. The second-order valence-corrected chi connectivity index (χ2v) is 5.70. The standard InChI is InChI=1S/C16H19NO4/c18-15(19)10-12-6-3-4-8-17(12)16(20)14-9-11-5-1-2-7-13(11)21-14/h1-2,5,7,12,14H,3-4,6,8-10H2,(H,18,19). The fraction of sp³-hybridized carbons (Fsp3) is 0.500. The van der Waals surface area contributed by atoms with Gasteiger partial charge in [0, 0.05) is 19.0 Å². The molecule has 1 aromatic rings. The van der Waals surface area contributed by atoms with Gasteiger partial charge in [-0.2, -0.15) is 0 Å². The van der Waals surface area contributed by atoms with Crippen molar-refractivity contribution in [1.82, 2.24) is 4.90 Å². The average molecular weight is 289 g/mol. The van der Waals surface area contributed by atoms with Crippen LogP contribution < -0.4 is 4.74 Å². The van der Waals surface area contributed by atoms with Crippen molar-refractivity contribution in [3.63, 3.8) is 0 Å². The minimum absolute atomic E-state index is 0.0193. The first-order chi connectivity index (χ1) is 10.1. The lowest BCUT2D eigenvalue weighted by Crippen LogP contribution is -2.50. The highest BCUT2D eigenvalue weighted by atomic mass is 16.5. The van der Waals surface area contributed by atoms with Crippen LogP contribution in [0.2, 0.25) is 0 Å². The molecule has 2 aliphatic heterocycles. The molecule has 0 spiro atoms. The number of carboxylic acids is 1. The minimum Gasteiger partial charge on any atom is -0.481 e. The molecule has 0 bridgehead atoms. The molecule has 1 saturated heterocycles. The SMILES string of the molecule is O=C(O)CC1CCCCN1C(=O)C1Cc2ccccc2O1. The zero-order chi connectivity index (χ0) is 14.8. The van der Waals surface area contributed by atoms with Crippen molar-refractivity contribution in [2.24, 2.45) is 0 Å². The Bertz CT molecular complexity index is 532. The van der Waals surface area contributed by atoms with Gasteiger partial charge < -0.3 is 14.7 Å². The van der Waals surface area contributed by atoms with Crippen molar-refractivity contribution >= 4 is 11.9 Å². The van der Waals surface area contributed by atoms with Crippen LogP contribution >= 0.6 is 0 Å². The molecule has 2 atom stereocenters. The maximum Gasteiger partial charge on any atom is 0.305 e. The largest absolute Gasteiger partial charge is 0.481 e. The predicted molar refractivity (Wildman–Crippen MR) is 76.2 cm³/mol. The van der Waals surface area contributed by atoms with Gasteiger partial charge >= 0.3 is 5.97 Å². The molecular formula is C16H19NO4. The molecule has 112 valence electrons. The smallest absolute Gasteiger partial charge is 0.305 e. The Morgan fingerprint density at radius 2 is 2.10 bits per heavy atom. The first-order valence-electron chi connectivity index (χ1n) is 7.42. The number of ether oxygens (including phenoxy) is 1. The molecule has 1 N–H and O–H groups in total. The molecule has 5 nitrogen and oxygen atoms in total. The van der Waals surface area contributed by atoms with Crippen molar-refractivity contribution < 1.29 is 19.4 Å². The Labute approximate surface area is 123 Å². The van der Waals surface area contributed by atoms with Crippen LogP contribution in [0, 0.1) is 0 Å². The third kappa shape index (κ3) is 2.86. The number of benzene rings is 1. The number of hydrogen-bond acceptors (Lipinski definition) is 3. The lowest BCUT2D eigenvalue weighted by atomic mass is 9.98. The molecule has 3 rings (SSSR count). The molecule has 5 heteroatoms. The fourth-order valence-corrected chi connectivity index (χ4v) is 3.21. The Morgan fingerprint density at radius 1 is 1.29 bits per heavy atom. The van der Waals surface area contributed by atoms with Crippen LogP contribution in [0.15, 0.2) is 24.3 Å². The van der Waals surface area contributed by atoms with Crippen molar-refractivity contribution in [2.75, 3.05) is 6.54 Å². The number of aliphatic carboxylic acids is 1. The molecule has 0 aromatic heterocycles. The summed E-state index contributed by atoms with van der Waals surface area (Å²) in [7, 11) is 0. The summed E-state index contributed by atoms with van der Waals surface area (Å²) in [5.74, 6) is -0.157. The van der Waals surface area contributed by atoms with Gasteiger partial charge in [-0.25, -0.2) is 0 Å². The number of hydrogen-bond donors (Lipinski definition) is 1. The molecule has 1 aromatic carbocycles. The highest BCUT2D eigenvalue weighted by Gasteiger charge is 2.36. The molecular weight excluding hydrogens is 270 g/mol. The molecule has 0 radical (unpaired) electrons. The normalized spacial score (nSPS) is 24.3. The average Bonchev–Trinajstić information content (AvgIpc) is 2.90. The van der Waals surface area contributed by atoms with Crippen LogP contribution in [-0.2, 0) is 16.0 Å². The van der Waals surface area contributed by atoms with Gasteiger partial charge in [0.2, 0.25) is 0 Å². The van der Waals surface area contributed by atoms with E-state index in [4.69, 9.17) is 9.84 Å². The van der Waals surface area contributed by atoms with Crippen LogP contribution in [0.25, 0.3) is 0 Å². The third-order valence-corrected chi connectivity index (χ3v) is 4.24. The predicted octanol–water partition coefficient (Wildman–Crippen LogP) is 1.85. The number of rotatable bonds is 3. The van der Waals surface area contributed by atoms with E-state index in [-0.39, 0.29) is 18.4 Å². The van der Waals surface area contributed by atoms with Crippen LogP contribution in [0.5, 0.6) is 5.75 Å². The van der Waals surface area contributed by atoms with E-state index >= 15 is 0 Å². The Kier molecular flexibility index (Phi) is 3.82. The van der Waals surface area contributed by atoms with Gasteiger partial charge in [0.15, 0.2) is 6.10 Å². The first kappa shape index (κ1) is 13.9. The lowest BCUT2D eigenvalue weighted by molar-refractivity contribution is -0.145. The van der Waals surface area contributed by atoms with E-state index in [0.29, 0.717) is 13.0 Å². The number of likely N-dealkylation sites (tertiary alicyclic amines) is 1. The molecule has 0 aliphatic carbocycles. The summed E-state index contributed by atoms with van der Waals surface area (Å²) in [5, 5.41) is 9.00. The monoisotopic (exact) mass is 289 g/mol. The number of piperidine rings is 1. The molecule has 2 aliphatic rings. The van der Waals surface area contributed by atoms with Gasteiger partial charge in [-0.05, 0) is 30.9 Å². The van der Waals surface area contributed by atoms with Crippen LogP contribution in [0.3, 0.4) is 0 Å². The van der Waals surface area contributed by atoms with Crippen molar-refractivity contribution in [3.05, 3.63) is 29.8 Å². The molecule has 21 heavy (non-hydrogen) atoms. The van der Waals surface area contributed by atoms with Gasteiger partial charge in [0.25, 0.3) is 5.91 Å². The summed E-state index contributed by atoms with van der Waals surface area (Å²) < 4.78 is 5.74. The zero-order valence-corrected chi connectivity index (χ0v) is 11.8. The number of fused-ring (bicyclic) bond motifs is 1. The van der Waals surface area contributed by atoms with Gasteiger partial charge in [-0.15, -0.1) is 0 Å². The van der Waals surface area contributed by atoms with Crippen molar-refractivity contribution in [1.29, 1.82) is 0 Å². The van der Waals surface area contributed by atoms with Crippen LogP contribution in [-0.4, -0.2) is 40.6 Å². The topological polar surface area (TPSA) is 66.8 Å². The number of carboxylic acid groups (broad SMARTS) is 1. The van der Waals surface area contributed by atoms with E-state index in [9.17, 15) is 9.59 Å². The minimum atomic E-state index is -0.852. The molecule has 2 heterocycles. The van der Waals surface area contributed by atoms with Gasteiger partial charge in [0.05, 0.1) is 6.42 Å². The Balaban J connectivity index is 1.71. The summed E-state index contributed by atoms with van der Waals surface area (Å²) in [6, 6.07) is 7.46. The second kappa shape index (κ2) is 5.76. The number of carbonyl (C=O) groups excluding carboxylic acids is 1. The van der Waals surface area contributed by atoms with E-state index in [2.05, 4.69) is 0 Å². The Hall–Kier alpha value is -2.04. The fourth-order valence-electron chi connectivity index (χ4n) is 3.21. The van der Waals surface area contributed by atoms with Gasteiger partial charge in [-0.3, -0.25) is 9.59 Å². The molecule has 0 saturated carbocycles. The summed E-state index contributed by atoms with van der Waals surface area (Å²) in [5.41, 5.74) is 1.04.